The second-order valence-electron chi connectivity index (χ2n) is 6.25. The molecule has 8 heteroatoms. The van der Waals surface area contributed by atoms with Gasteiger partial charge in [0.05, 0.1) is 22.6 Å². The Labute approximate surface area is 164 Å². The molecule has 0 bridgehead atoms. The molecule has 2 aromatic carbocycles. The average Bonchev–Trinajstić information content (AvgIpc) is 3.22. The van der Waals surface area contributed by atoms with E-state index in [1.807, 2.05) is 18.2 Å². The first-order valence-corrected chi connectivity index (χ1v) is 10.4. The Balaban J connectivity index is 1.80. The van der Waals surface area contributed by atoms with Crippen molar-refractivity contribution in [2.75, 3.05) is 20.2 Å². The predicted molar refractivity (Wildman–Crippen MR) is 104 cm³/mol. The fraction of sp³-hybridized carbons (Fsp3) is 0.316. The van der Waals surface area contributed by atoms with Crippen molar-refractivity contribution in [3.8, 4) is 5.75 Å². The molecule has 0 aromatic heterocycles. The van der Waals surface area contributed by atoms with Gasteiger partial charge in [0.2, 0.25) is 10.0 Å². The third-order valence-electron chi connectivity index (χ3n) is 4.52. The summed E-state index contributed by atoms with van der Waals surface area (Å²) in [5, 5.41) is 2.97. The van der Waals surface area contributed by atoms with E-state index in [9.17, 15) is 13.2 Å². The molecule has 0 radical (unpaired) electrons. The first-order valence-electron chi connectivity index (χ1n) is 8.63. The van der Waals surface area contributed by atoms with E-state index < -0.39 is 15.9 Å². The van der Waals surface area contributed by atoms with Crippen LogP contribution in [0.4, 0.5) is 0 Å². The molecule has 0 saturated carbocycles. The fourth-order valence-electron chi connectivity index (χ4n) is 3.04. The van der Waals surface area contributed by atoms with Gasteiger partial charge in [0.25, 0.3) is 5.91 Å². The Morgan fingerprint density at radius 3 is 2.59 bits per heavy atom. The van der Waals surface area contributed by atoms with Crippen molar-refractivity contribution in [1.82, 2.24) is 9.62 Å². The Morgan fingerprint density at radius 1 is 1.19 bits per heavy atom. The topological polar surface area (TPSA) is 75.7 Å². The van der Waals surface area contributed by atoms with E-state index >= 15 is 0 Å². The highest BCUT2D eigenvalue weighted by Crippen LogP contribution is 2.25. The summed E-state index contributed by atoms with van der Waals surface area (Å²) in [6.07, 6.45) is 1.69. The standard InChI is InChI=1S/C19H21ClN2O4S/c1-26-18-7-3-2-6-14(18)13-21-19(23)16-12-15(8-9-17(16)20)27(24,25)22-10-4-5-11-22/h2-3,6-9,12H,4-5,10-11,13H2,1H3,(H,21,23). The maximum atomic E-state index is 12.7. The number of sulfonamides is 1. The zero-order valence-corrected chi connectivity index (χ0v) is 16.5. The van der Waals surface area contributed by atoms with Gasteiger partial charge in [-0.2, -0.15) is 4.31 Å². The van der Waals surface area contributed by atoms with Gasteiger partial charge in [-0.25, -0.2) is 8.42 Å². The average molecular weight is 409 g/mol. The lowest BCUT2D eigenvalue weighted by atomic mass is 10.1. The van der Waals surface area contributed by atoms with Crippen molar-refractivity contribution in [3.63, 3.8) is 0 Å². The number of para-hydroxylation sites is 1. The van der Waals surface area contributed by atoms with Crippen molar-refractivity contribution in [2.45, 2.75) is 24.3 Å². The van der Waals surface area contributed by atoms with Crippen LogP contribution in [0.25, 0.3) is 0 Å². The number of hydrogen-bond acceptors (Lipinski definition) is 4. The summed E-state index contributed by atoms with van der Waals surface area (Å²) in [5.74, 6) is 0.221. The van der Waals surface area contributed by atoms with Crippen LogP contribution in [0.1, 0.15) is 28.8 Å². The second kappa shape index (κ2) is 8.29. The van der Waals surface area contributed by atoms with Crippen LogP contribution in [0.2, 0.25) is 5.02 Å². The first-order chi connectivity index (χ1) is 12.9. The number of halogens is 1. The molecule has 1 fully saturated rings. The Hall–Kier alpha value is -2.09. The van der Waals surface area contributed by atoms with Crippen LogP contribution in [0.5, 0.6) is 5.75 Å². The first kappa shape index (κ1) is 19.7. The molecule has 0 aliphatic carbocycles. The lowest BCUT2D eigenvalue weighted by Crippen LogP contribution is -2.28. The summed E-state index contributed by atoms with van der Waals surface area (Å²) in [6.45, 7) is 1.24. The molecule has 0 spiro atoms. The Bertz CT molecular complexity index is 940. The van der Waals surface area contributed by atoms with E-state index in [0.29, 0.717) is 18.8 Å². The molecule has 1 aliphatic heterocycles. The summed E-state index contributed by atoms with van der Waals surface area (Å²) >= 11 is 6.15. The molecule has 6 nitrogen and oxygen atoms in total. The number of rotatable bonds is 6. The van der Waals surface area contributed by atoms with Crippen LogP contribution in [0, 0.1) is 0 Å². The van der Waals surface area contributed by atoms with E-state index in [1.54, 1.807) is 13.2 Å². The van der Waals surface area contributed by atoms with Crippen molar-refractivity contribution >= 4 is 27.5 Å². The Kier molecular flexibility index (Phi) is 6.04. The minimum Gasteiger partial charge on any atom is -0.496 e. The maximum absolute atomic E-state index is 12.7. The highest BCUT2D eigenvalue weighted by atomic mass is 35.5. The summed E-state index contributed by atoms with van der Waals surface area (Å²) < 4.78 is 32.1. The highest BCUT2D eigenvalue weighted by Gasteiger charge is 2.28. The van der Waals surface area contributed by atoms with Gasteiger partial charge in [0.1, 0.15) is 5.75 Å². The van der Waals surface area contributed by atoms with Gasteiger partial charge in [-0.1, -0.05) is 29.8 Å². The quantitative estimate of drug-likeness (QED) is 0.797. The number of carbonyl (C=O) groups excluding carboxylic acids is 1. The van der Waals surface area contributed by atoms with Crippen molar-refractivity contribution in [2.24, 2.45) is 0 Å². The number of hydrogen-bond donors (Lipinski definition) is 1. The molecule has 1 saturated heterocycles. The molecular formula is C19H21ClN2O4S. The molecule has 3 rings (SSSR count). The lowest BCUT2D eigenvalue weighted by molar-refractivity contribution is 0.0950. The van der Waals surface area contributed by atoms with Crippen LogP contribution in [0.15, 0.2) is 47.4 Å². The van der Waals surface area contributed by atoms with Crippen LogP contribution < -0.4 is 10.1 Å². The largest absolute Gasteiger partial charge is 0.496 e. The fourth-order valence-corrected chi connectivity index (χ4v) is 4.78. The van der Waals surface area contributed by atoms with Crippen LogP contribution in [-0.2, 0) is 16.6 Å². The summed E-state index contributed by atoms with van der Waals surface area (Å²) in [7, 11) is -2.05. The van der Waals surface area contributed by atoms with Crippen LogP contribution in [-0.4, -0.2) is 38.8 Å². The number of benzene rings is 2. The van der Waals surface area contributed by atoms with E-state index in [-0.39, 0.29) is 22.0 Å². The van der Waals surface area contributed by atoms with Gasteiger partial charge in [-0.05, 0) is 37.1 Å². The van der Waals surface area contributed by atoms with Crippen LogP contribution >= 0.6 is 11.6 Å². The Morgan fingerprint density at radius 2 is 1.89 bits per heavy atom. The van der Waals surface area contributed by atoms with Gasteiger partial charge in [-0.3, -0.25) is 4.79 Å². The van der Waals surface area contributed by atoms with Gasteiger partial charge in [0, 0.05) is 25.2 Å². The van der Waals surface area contributed by atoms with Gasteiger partial charge in [0.15, 0.2) is 0 Å². The predicted octanol–water partition coefficient (Wildman–Crippen LogP) is 3.06. The molecule has 27 heavy (non-hydrogen) atoms. The maximum Gasteiger partial charge on any atom is 0.253 e. The molecule has 1 aliphatic rings. The van der Waals surface area contributed by atoms with Crippen molar-refractivity contribution in [3.05, 3.63) is 58.6 Å². The third kappa shape index (κ3) is 4.26. The van der Waals surface area contributed by atoms with E-state index in [0.717, 1.165) is 18.4 Å². The number of carbonyl (C=O) groups is 1. The lowest BCUT2D eigenvalue weighted by Gasteiger charge is -2.16. The van der Waals surface area contributed by atoms with Gasteiger partial charge >= 0.3 is 0 Å². The molecule has 2 aromatic rings. The zero-order valence-electron chi connectivity index (χ0n) is 14.9. The molecule has 1 heterocycles. The number of methoxy groups -OCH3 is 1. The molecule has 0 unspecified atom stereocenters. The monoisotopic (exact) mass is 408 g/mol. The zero-order chi connectivity index (χ0) is 19.4. The molecule has 144 valence electrons. The van der Waals surface area contributed by atoms with Crippen LogP contribution in [0.3, 0.4) is 0 Å². The smallest absolute Gasteiger partial charge is 0.253 e. The number of amides is 1. The molecular weight excluding hydrogens is 388 g/mol. The molecule has 1 amide bonds. The van der Waals surface area contributed by atoms with E-state index in [4.69, 9.17) is 16.3 Å². The van der Waals surface area contributed by atoms with Crippen molar-refractivity contribution in [1.29, 1.82) is 0 Å². The number of nitrogens with one attached hydrogen (secondary N) is 1. The summed E-state index contributed by atoms with van der Waals surface area (Å²) in [4.78, 5) is 12.7. The van der Waals surface area contributed by atoms with Gasteiger partial charge < -0.3 is 10.1 Å². The molecule has 1 N–H and O–H groups in total. The highest BCUT2D eigenvalue weighted by molar-refractivity contribution is 7.89. The minimum absolute atomic E-state index is 0.0799. The normalized spacial score (nSPS) is 14.9. The summed E-state index contributed by atoms with van der Waals surface area (Å²) in [5.41, 5.74) is 0.942. The summed E-state index contributed by atoms with van der Waals surface area (Å²) in [6, 6.07) is 11.6. The number of nitrogens with zero attached hydrogens (tertiary/aromatic N) is 1. The van der Waals surface area contributed by atoms with E-state index in [1.165, 1.54) is 22.5 Å². The molecule has 0 atom stereocenters. The van der Waals surface area contributed by atoms with Gasteiger partial charge in [-0.15, -0.1) is 0 Å². The minimum atomic E-state index is -3.61. The second-order valence-corrected chi connectivity index (χ2v) is 8.59. The van der Waals surface area contributed by atoms with E-state index in [2.05, 4.69) is 5.32 Å². The third-order valence-corrected chi connectivity index (χ3v) is 6.74. The SMILES string of the molecule is COc1ccccc1CNC(=O)c1cc(S(=O)(=O)N2CCCC2)ccc1Cl. The number of ether oxygens (including phenoxy) is 1. The van der Waals surface area contributed by atoms with Crippen molar-refractivity contribution < 1.29 is 17.9 Å².